The van der Waals surface area contributed by atoms with Crippen LogP contribution in [0.1, 0.15) is 68.9 Å². The summed E-state index contributed by atoms with van der Waals surface area (Å²) in [6.45, 7) is 6.29. The topological polar surface area (TPSA) is 18.5 Å². The zero-order chi connectivity index (χ0) is 27.8. The Morgan fingerprint density at radius 2 is 1.33 bits per heavy atom. The normalized spacial score (nSPS) is 17.4. The predicted molar refractivity (Wildman–Crippen MR) is 147 cm³/mol. The van der Waals surface area contributed by atoms with Crippen molar-refractivity contribution < 1.29 is 27.0 Å². The van der Waals surface area contributed by atoms with Crippen LogP contribution < -0.4 is 0 Å². The maximum absolute atomic E-state index is 15.1. The van der Waals surface area contributed by atoms with Crippen molar-refractivity contribution in [1.29, 1.82) is 0 Å². The van der Waals surface area contributed by atoms with Crippen LogP contribution in [0.15, 0.2) is 61.2 Å². The summed E-state index contributed by atoms with van der Waals surface area (Å²) in [5.74, 6) is -4.02. The minimum absolute atomic E-state index is 0.0920. The van der Waals surface area contributed by atoms with Gasteiger partial charge in [-0.1, -0.05) is 87.2 Å². The molecular formula is C33H36F4O2. The Labute approximate surface area is 228 Å². The largest absolute Gasteiger partial charge is 0.352 e. The third-order valence-corrected chi connectivity index (χ3v) is 7.34. The predicted octanol–water partition coefficient (Wildman–Crippen LogP) is 9.51. The fourth-order valence-corrected chi connectivity index (χ4v) is 5.00. The van der Waals surface area contributed by atoms with Gasteiger partial charge in [0.15, 0.2) is 29.6 Å². The number of hydrogen-bond donors (Lipinski definition) is 0. The van der Waals surface area contributed by atoms with Gasteiger partial charge in [0, 0.05) is 23.5 Å². The first-order valence-corrected chi connectivity index (χ1v) is 13.8. The summed E-state index contributed by atoms with van der Waals surface area (Å²) in [6.07, 6.45) is 8.52. The first-order valence-electron chi connectivity index (χ1n) is 13.8. The molecule has 4 rings (SSSR count). The summed E-state index contributed by atoms with van der Waals surface area (Å²) in [5, 5.41) is 0. The minimum atomic E-state index is -0.963. The van der Waals surface area contributed by atoms with Crippen LogP contribution in [0, 0.1) is 23.3 Å². The molecule has 0 unspecified atom stereocenters. The van der Waals surface area contributed by atoms with Crippen LogP contribution in [-0.4, -0.2) is 19.5 Å². The number of hydrogen-bond acceptors (Lipinski definition) is 2. The van der Waals surface area contributed by atoms with Gasteiger partial charge in [0.25, 0.3) is 0 Å². The lowest BCUT2D eigenvalue weighted by Crippen LogP contribution is -2.31. The second-order valence-corrected chi connectivity index (χ2v) is 10.1. The number of allylic oxidation sites excluding steroid dienone is 1. The number of unbranched alkanes of at least 4 members (excludes halogenated alkanes) is 4. The monoisotopic (exact) mass is 540 g/mol. The smallest absolute Gasteiger partial charge is 0.166 e. The van der Waals surface area contributed by atoms with Gasteiger partial charge in [0.1, 0.15) is 0 Å². The quantitative estimate of drug-likeness (QED) is 0.129. The van der Waals surface area contributed by atoms with Crippen LogP contribution in [0.3, 0.4) is 0 Å². The molecule has 0 aliphatic carbocycles. The van der Waals surface area contributed by atoms with E-state index in [9.17, 15) is 8.78 Å². The molecule has 3 aromatic carbocycles. The summed E-state index contributed by atoms with van der Waals surface area (Å²) in [4.78, 5) is 0. The Bertz CT molecular complexity index is 1250. The van der Waals surface area contributed by atoms with E-state index in [0.29, 0.717) is 29.5 Å². The van der Waals surface area contributed by atoms with Gasteiger partial charge in [0.2, 0.25) is 0 Å². The van der Waals surface area contributed by atoms with Crippen LogP contribution in [-0.2, 0) is 15.9 Å². The van der Waals surface area contributed by atoms with Crippen LogP contribution in [0.2, 0.25) is 0 Å². The van der Waals surface area contributed by atoms with Gasteiger partial charge in [-0.25, -0.2) is 17.6 Å². The molecule has 0 bridgehead atoms. The summed E-state index contributed by atoms with van der Waals surface area (Å²) < 4.78 is 71.2. The van der Waals surface area contributed by atoms with E-state index < -0.39 is 29.2 Å². The summed E-state index contributed by atoms with van der Waals surface area (Å²) in [5.41, 5.74) is 1.71. The van der Waals surface area contributed by atoms with Crippen molar-refractivity contribution in [1.82, 2.24) is 0 Å². The lowest BCUT2D eigenvalue weighted by atomic mass is 9.94. The van der Waals surface area contributed by atoms with Crippen molar-refractivity contribution in [2.24, 2.45) is 0 Å². The standard InChI is InChI=1S/C33H36F4O2/c1-3-5-7-8-9-10-24-16-17-26(31(35)30(24)34)22-12-14-23(15-13-22)27-18-19-28(33(37)32(27)36)25-20-38-29(39-21-25)11-6-4-2/h4,12-19,25,29H,2-3,5-11,20-21H2,1H3. The Hall–Kier alpha value is -2.96. The first-order chi connectivity index (χ1) is 18.9. The lowest BCUT2D eigenvalue weighted by molar-refractivity contribution is -0.189. The third kappa shape index (κ3) is 6.98. The van der Waals surface area contributed by atoms with Crippen molar-refractivity contribution in [2.75, 3.05) is 13.2 Å². The van der Waals surface area contributed by atoms with Gasteiger partial charge >= 0.3 is 0 Å². The number of benzene rings is 3. The highest BCUT2D eigenvalue weighted by atomic mass is 19.2. The van der Waals surface area contributed by atoms with Gasteiger partial charge in [-0.2, -0.15) is 0 Å². The van der Waals surface area contributed by atoms with E-state index >= 15 is 8.78 Å². The second kappa shape index (κ2) is 13.9. The minimum Gasteiger partial charge on any atom is -0.352 e. The molecule has 3 aromatic rings. The Morgan fingerprint density at radius 1 is 0.744 bits per heavy atom. The maximum Gasteiger partial charge on any atom is 0.166 e. The summed E-state index contributed by atoms with van der Waals surface area (Å²) in [6, 6.07) is 12.7. The zero-order valence-corrected chi connectivity index (χ0v) is 22.5. The summed E-state index contributed by atoms with van der Waals surface area (Å²) in [7, 11) is 0. The van der Waals surface area contributed by atoms with Crippen molar-refractivity contribution in [3.63, 3.8) is 0 Å². The van der Waals surface area contributed by atoms with E-state index in [-0.39, 0.29) is 36.2 Å². The molecule has 208 valence electrons. The van der Waals surface area contributed by atoms with Gasteiger partial charge in [-0.3, -0.25) is 0 Å². The van der Waals surface area contributed by atoms with Crippen molar-refractivity contribution in [3.8, 4) is 22.3 Å². The Kier molecular flexibility index (Phi) is 10.4. The molecule has 0 amide bonds. The number of rotatable bonds is 12. The maximum atomic E-state index is 15.1. The fourth-order valence-electron chi connectivity index (χ4n) is 5.00. The lowest BCUT2D eigenvalue weighted by Gasteiger charge is -2.30. The van der Waals surface area contributed by atoms with Gasteiger partial charge in [0.05, 0.1) is 13.2 Å². The summed E-state index contributed by atoms with van der Waals surface area (Å²) >= 11 is 0. The van der Waals surface area contributed by atoms with E-state index in [4.69, 9.17) is 9.47 Å². The highest BCUT2D eigenvalue weighted by Crippen LogP contribution is 2.34. The molecule has 6 heteroatoms. The van der Waals surface area contributed by atoms with E-state index in [1.54, 1.807) is 48.5 Å². The molecular weight excluding hydrogens is 504 g/mol. The van der Waals surface area contributed by atoms with Gasteiger partial charge in [-0.05, 0) is 41.5 Å². The SMILES string of the molecule is C=CCCC1OCC(c2ccc(-c3ccc(-c4ccc(CCCCCCC)c(F)c4F)cc3)c(F)c2F)CO1. The van der Waals surface area contributed by atoms with E-state index in [1.165, 1.54) is 6.07 Å². The van der Waals surface area contributed by atoms with Crippen LogP contribution in [0.25, 0.3) is 22.3 Å². The molecule has 0 spiro atoms. The molecule has 2 nitrogen and oxygen atoms in total. The molecule has 1 fully saturated rings. The molecule has 1 aliphatic heterocycles. The molecule has 39 heavy (non-hydrogen) atoms. The van der Waals surface area contributed by atoms with Gasteiger partial charge < -0.3 is 9.47 Å². The van der Waals surface area contributed by atoms with Crippen LogP contribution in [0.5, 0.6) is 0 Å². The van der Waals surface area contributed by atoms with E-state index in [1.807, 2.05) is 0 Å². The molecule has 1 saturated heterocycles. The molecule has 0 aromatic heterocycles. The Morgan fingerprint density at radius 3 is 1.95 bits per heavy atom. The fraction of sp³-hybridized carbons (Fsp3) is 0.394. The van der Waals surface area contributed by atoms with Crippen molar-refractivity contribution >= 4 is 0 Å². The number of ether oxygens (including phenoxy) is 2. The number of aryl methyl sites for hydroxylation is 1. The van der Waals surface area contributed by atoms with Crippen LogP contribution >= 0.6 is 0 Å². The third-order valence-electron chi connectivity index (χ3n) is 7.34. The van der Waals surface area contributed by atoms with Crippen molar-refractivity contribution in [3.05, 3.63) is 95.6 Å². The number of halogens is 4. The van der Waals surface area contributed by atoms with Crippen molar-refractivity contribution in [2.45, 2.75) is 70.5 Å². The van der Waals surface area contributed by atoms with E-state index in [0.717, 1.165) is 38.5 Å². The molecule has 0 saturated carbocycles. The van der Waals surface area contributed by atoms with Gasteiger partial charge in [-0.15, -0.1) is 6.58 Å². The molecule has 0 atom stereocenters. The molecule has 1 heterocycles. The highest BCUT2D eigenvalue weighted by molar-refractivity contribution is 5.71. The van der Waals surface area contributed by atoms with Crippen LogP contribution in [0.4, 0.5) is 17.6 Å². The molecule has 1 aliphatic rings. The molecule has 0 radical (unpaired) electrons. The Balaban J connectivity index is 1.45. The second-order valence-electron chi connectivity index (χ2n) is 10.1. The first kappa shape index (κ1) is 29.0. The van der Waals surface area contributed by atoms with E-state index in [2.05, 4.69) is 13.5 Å². The molecule has 0 N–H and O–H groups in total. The average Bonchev–Trinajstić information content (AvgIpc) is 2.96. The average molecular weight is 541 g/mol. The zero-order valence-electron chi connectivity index (χ0n) is 22.5. The highest BCUT2D eigenvalue weighted by Gasteiger charge is 2.27.